The van der Waals surface area contributed by atoms with E-state index < -0.39 is 21.3 Å². The van der Waals surface area contributed by atoms with Gasteiger partial charge in [-0.25, -0.2) is 20.0 Å². The fourth-order valence-electron chi connectivity index (χ4n) is 1.33. The zero-order valence-corrected chi connectivity index (χ0v) is 9.46. The molecule has 2 rings (SSSR count). The lowest BCUT2D eigenvalue weighted by Crippen LogP contribution is -2.51. The predicted octanol–water partition coefficient (Wildman–Crippen LogP) is -1.84. The van der Waals surface area contributed by atoms with Crippen molar-refractivity contribution in [1.29, 1.82) is 0 Å². The lowest BCUT2D eigenvalue weighted by molar-refractivity contribution is 0.263. The lowest BCUT2D eigenvalue weighted by Gasteiger charge is -2.24. The molecular weight excluding hydrogens is 250 g/mol. The monoisotopic (exact) mass is 259 g/mol. The molecule has 0 fully saturated rings. The third kappa shape index (κ3) is 1.80. The van der Waals surface area contributed by atoms with Gasteiger partial charge in [0.2, 0.25) is 0 Å². The Morgan fingerprint density at radius 3 is 2.65 bits per heavy atom. The van der Waals surface area contributed by atoms with Gasteiger partial charge in [-0.15, -0.1) is 0 Å². The van der Waals surface area contributed by atoms with Crippen molar-refractivity contribution in [3.8, 4) is 0 Å². The van der Waals surface area contributed by atoms with Crippen LogP contribution in [0.5, 0.6) is 0 Å². The first-order chi connectivity index (χ1) is 7.74. The normalized spacial score (nSPS) is 29.3. The molecule has 9 nitrogen and oxygen atoms in total. The van der Waals surface area contributed by atoms with E-state index in [4.69, 9.17) is 10.3 Å². The van der Waals surface area contributed by atoms with E-state index in [1.165, 1.54) is 6.92 Å². The van der Waals surface area contributed by atoms with E-state index in [1.807, 2.05) is 0 Å². The highest BCUT2D eigenvalue weighted by molar-refractivity contribution is 7.87. The molecule has 0 bridgehead atoms. The number of hydrogen-bond acceptors (Lipinski definition) is 8. The van der Waals surface area contributed by atoms with Gasteiger partial charge in [0, 0.05) is 0 Å². The highest BCUT2D eigenvalue weighted by Crippen LogP contribution is 2.21. The standard InChI is InChI=1S/C7H9N5O4S/c1-3(13)4-5-6(10-2-9-5)12-7(8,11-4)17(14,15)16/h2-3,13H,8H2,1H3,(H,14,15,16). The Bertz CT molecular complexity index is 587. The van der Waals surface area contributed by atoms with Crippen molar-refractivity contribution in [2.75, 3.05) is 0 Å². The summed E-state index contributed by atoms with van der Waals surface area (Å²) in [5.74, 6) is -0.0870. The largest absolute Gasteiger partial charge is 0.387 e. The Morgan fingerprint density at radius 2 is 2.12 bits per heavy atom. The Hall–Kier alpha value is -1.49. The van der Waals surface area contributed by atoms with E-state index in [2.05, 4.69) is 20.0 Å². The molecule has 2 aliphatic rings. The molecule has 2 aliphatic heterocycles. The SMILES string of the molecule is CC(O)C1=NC(N)(S(=O)(=O)O)N=C2N=CN=C21. The summed E-state index contributed by atoms with van der Waals surface area (Å²) in [6, 6.07) is 0. The summed E-state index contributed by atoms with van der Waals surface area (Å²) < 4.78 is 31.2. The third-order valence-electron chi connectivity index (χ3n) is 2.14. The zero-order valence-electron chi connectivity index (χ0n) is 8.64. The summed E-state index contributed by atoms with van der Waals surface area (Å²) in [5, 5.41) is 6.88. The highest BCUT2D eigenvalue weighted by Gasteiger charge is 2.45. The second kappa shape index (κ2) is 3.50. The van der Waals surface area contributed by atoms with E-state index in [0.29, 0.717) is 0 Å². The Morgan fingerprint density at radius 1 is 1.47 bits per heavy atom. The van der Waals surface area contributed by atoms with Crippen LogP contribution in [0.25, 0.3) is 0 Å². The molecule has 0 amide bonds. The van der Waals surface area contributed by atoms with Crippen LogP contribution in [0.2, 0.25) is 0 Å². The van der Waals surface area contributed by atoms with E-state index in [0.717, 1.165) is 6.34 Å². The molecule has 0 spiro atoms. The van der Waals surface area contributed by atoms with Crippen LogP contribution in [0.3, 0.4) is 0 Å². The molecule has 0 radical (unpaired) electrons. The molecule has 0 aliphatic carbocycles. The lowest BCUT2D eigenvalue weighted by atomic mass is 10.1. The van der Waals surface area contributed by atoms with Crippen LogP contribution in [0.4, 0.5) is 0 Å². The number of aliphatic hydroxyl groups excluding tert-OH is 1. The van der Waals surface area contributed by atoms with E-state index in [9.17, 15) is 13.5 Å². The molecule has 92 valence electrons. The first-order valence-electron chi connectivity index (χ1n) is 4.49. The van der Waals surface area contributed by atoms with Crippen LogP contribution in [0.15, 0.2) is 20.0 Å². The van der Waals surface area contributed by atoms with Crippen LogP contribution >= 0.6 is 0 Å². The van der Waals surface area contributed by atoms with Crippen molar-refractivity contribution < 1.29 is 18.1 Å². The number of fused-ring (bicyclic) bond motifs is 1. The van der Waals surface area contributed by atoms with Crippen molar-refractivity contribution in [2.24, 2.45) is 25.7 Å². The summed E-state index contributed by atoms with van der Waals surface area (Å²) in [6.07, 6.45) is 0.00699. The van der Waals surface area contributed by atoms with Crippen molar-refractivity contribution >= 4 is 33.7 Å². The summed E-state index contributed by atoms with van der Waals surface area (Å²) in [7, 11) is -4.77. The average molecular weight is 259 g/mol. The minimum absolute atomic E-state index is 0.0870. The van der Waals surface area contributed by atoms with Gasteiger partial charge in [-0.1, -0.05) is 0 Å². The van der Waals surface area contributed by atoms with E-state index in [-0.39, 0.29) is 17.3 Å². The number of rotatable bonds is 2. The Kier molecular flexibility index (Phi) is 2.47. The fraction of sp³-hybridized carbons (Fsp3) is 0.429. The quantitative estimate of drug-likeness (QED) is 0.498. The van der Waals surface area contributed by atoms with Crippen molar-refractivity contribution in [3.63, 3.8) is 0 Å². The van der Waals surface area contributed by atoms with Gasteiger partial charge in [-0.3, -0.25) is 10.3 Å². The van der Waals surface area contributed by atoms with Gasteiger partial charge in [0.25, 0.3) is 0 Å². The summed E-state index contributed by atoms with van der Waals surface area (Å²) in [5.41, 5.74) is 5.42. The Balaban J connectivity index is 2.64. The number of hydrogen-bond donors (Lipinski definition) is 3. The molecule has 10 heteroatoms. The average Bonchev–Trinajstić information content (AvgIpc) is 2.61. The molecule has 4 N–H and O–H groups in total. The van der Waals surface area contributed by atoms with Crippen LogP contribution in [-0.4, -0.2) is 52.9 Å². The first kappa shape index (κ1) is 12.0. The van der Waals surface area contributed by atoms with E-state index >= 15 is 0 Å². The van der Waals surface area contributed by atoms with Gasteiger partial charge in [0.15, 0.2) is 5.84 Å². The minimum atomic E-state index is -4.77. The van der Waals surface area contributed by atoms with Crippen molar-refractivity contribution in [2.45, 2.75) is 18.1 Å². The molecule has 0 aromatic rings. The van der Waals surface area contributed by atoms with Crippen molar-refractivity contribution in [3.05, 3.63) is 0 Å². The van der Waals surface area contributed by atoms with Gasteiger partial charge in [0.05, 0.1) is 11.8 Å². The number of nitrogens with zero attached hydrogens (tertiary/aromatic N) is 4. The summed E-state index contributed by atoms with van der Waals surface area (Å²) in [6.45, 7) is 1.35. The number of amidine groups is 1. The van der Waals surface area contributed by atoms with Crippen LogP contribution in [0, 0.1) is 0 Å². The maximum atomic E-state index is 11.1. The van der Waals surface area contributed by atoms with E-state index in [1.54, 1.807) is 0 Å². The minimum Gasteiger partial charge on any atom is -0.387 e. The number of nitrogens with two attached hydrogens (primary N) is 1. The summed E-state index contributed by atoms with van der Waals surface area (Å²) >= 11 is 0. The molecule has 0 saturated carbocycles. The molecule has 2 atom stereocenters. The smallest absolute Gasteiger partial charge is 0.335 e. The first-order valence-corrected chi connectivity index (χ1v) is 5.93. The zero-order chi connectivity index (χ0) is 12.8. The molecule has 0 saturated heterocycles. The second-order valence-corrected chi connectivity index (χ2v) is 5.02. The molecular formula is C7H9N5O4S. The molecule has 17 heavy (non-hydrogen) atoms. The topological polar surface area (TPSA) is 150 Å². The second-order valence-electron chi connectivity index (χ2n) is 3.46. The van der Waals surface area contributed by atoms with Crippen molar-refractivity contribution in [1.82, 2.24) is 0 Å². The fourth-order valence-corrected chi connectivity index (χ4v) is 1.75. The molecule has 0 aromatic carbocycles. The van der Waals surface area contributed by atoms with Gasteiger partial charge in [-0.05, 0) is 6.92 Å². The molecule has 0 aromatic heterocycles. The predicted molar refractivity (Wildman–Crippen MR) is 60.9 cm³/mol. The Labute approximate surface area is 96.3 Å². The molecule has 2 heterocycles. The van der Waals surface area contributed by atoms with Gasteiger partial charge < -0.3 is 5.11 Å². The maximum absolute atomic E-state index is 11.1. The third-order valence-corrected chi connectivity index (χ3v) is 3.09. The highest BCUT2D eigenvalue weighted by atomic mass is 32.2. The summed E-state index contributed by atoms with van der Waals surface area (Å²) in [4.78, 5) is 14.5. The maximum Gasteiger partial charge on any atom is 0.335 e. The number of aliphatic imine (C=N–C) groups is 4. The van der Waals surface area contributed by atoms with Gasteiger partial charge in [0.1, 0.15) is 12.1 Å². The van der Waals surface area contributed by atoms with Crippen LogP contribution < -0.4 is 5.73 Å². The molecule has 2 unspecified atom stereocenters. The van der Waals surface area contributed by atoms with Gasteiger partial charge >= 0.3 is 15.2 Å². The van der Waals surface area contributed by atoms with Crippen LogP contribution in [-0.2, 0) is 10.1 Å². The van der Waals surface area contributed by atoms with Gasteiger partial charge in [-0.2, -0.15) is 8.42 Å². The number of aliphatic hydroxyl groups is 1. The van der Waals surface area contributed by atoms with Crippen LogP contribution in [0.1, 0.15) is 6.92 Å².